The number of hydrogen-bond acceptors (Lipinski definition) is 0. The molecular formula is C28H20Cl2N2+2. The Morgan fingerprint density at radius 1 is 0.469 bits per heavy atom. The number of benzene rings is 4. The topological polar surface area (TPSA) is 7.76 Å². The number of rotatable bonds is 1. The van der Waals surface area contributed by atoms with Gasteiger partial charge in [0.2, 0.25) is 22.1 Å². The van der Waals surface area contributed by atoms with Gasteiger partial charge in [0, 0.05) is 45.4 Å². The van der Waals surface area contributed by atoms with Crippen LogP contribution in [-0.4, -0.2) is 0 Å². The zero-order valence-corrected chi connectivity index (χ0v) is 19.2. The second kappa shape index (κ2) is 7.16. The van der Waals surface area contributed by atoms with Gasteiger partial charge >= 0.3 is 0 Å². The Morgan fingerprint density at radius 2 is 0.844 bits per heavy atom. The molecule has 4 aromatic carbocycles. The second-order valence-electron chi connectivity index (χ2n) is 8.23. The Hall–Kier alpha value is -3.20. The molecule has 2 nitrogen and oxygen atoms in total. The van der Waals surface area contributed by atoms with Gasteiger partial charge in [0.05, 0.1) is 21.5 Å². The van der Waals surface area contributed by atoms with Crippen molar-refractivity contribution in [3.05, 3.63) is 95.0 Å². The van der Waals surface area contributed by atoms with Gasteiger partial charge in [-0.15, -0.1) is 0 Å². The van der Waals surface area contributed by atoms with Crippen LogP contribution in [0.15, 0.2) is 84.9 Å². The van der Waals surface area contributed by atoms with Gasteiger partial charge in [0.15, 0.2) is 0 Å². The number of hydrogen-bond donors (Lipinski definition) is 0. The highest BCUT2D eigenvalue weighted by Gasteiger charge is 2.25. The SMILES string of the molecule is C[n+]1c2ccccc2c(-c2c3ccccc3[n+](C)c3ccc(Cl)cc23)c2cc(Cl)ccc21. The van der Waals surface area contributed by atoms with E-state index in [4.69, 9.17) is 23.2 Å². The zero-order valence-electron chi connectivity index (χ0n) is 17.7. The van der Waals surface area contributed by atoms with Gasteiger partial charge < -0.3 is 0 Å². The van der Waals surface area contributed by atoms with E-state index < -0.39 is 0 Å². The molecule has 6 rings (SSSR count). The van der Waals surface area contributed by atoms with Crippen molar-refractivity contribution in [3.8, 4) is 11.1 Å². The third-order valence-electron chi connectivity index (χ3n) is 6.50. The summed E-state index contributed by atoms with van der Waals surface area (Å²) in [5, 5.41) is 6.07. The van der Waals surface area contributed by atoms with Crippen LogP contribution in [0.3, 0.4) is 0 Å². The highest BCUT2D eigenvalue weighted by Crippen LogP contribution is 2.42. The van der Waals surface area contributed by atoms with E-state index in [2.05, 4.69) is 96.0 Å². The minimum Gasteiger partial charge on any atom is -0.194 e. The largest absolute Gasteiger partial charge is 0.213 e. The number of halogens is 2. The van der Waals surface area contributed by atoms with Crippen LogP contribution in [0.1, 0.15) is 0 Å². The molecule has 0 aliphatic heterocycles. The molecule has 0 saturated heterocycles. The van der Waals surface area contributed by atoms with E-state index in [1.807, 2.05) is 12.1 Å². The molecule has 0 aliphatic carbocycles. The number of pyridine rings is 2. The lowest BCUT2D eigenvalue weighted by Gasteiger charge is -2.15. The molecule has 0 atom stereocenters. The molecule has 0 unspecified atom stereocenters. The van der Waals surface area contributed by atoms with Crippen LogP contribution in [-0.2, 0) is 14.1 Å². The minimum atomic E-state index is 0.724. The van der Waals surface area contributed by atoms with Crippen molar-refractivity contribution in [1.82, 2.24) is 0 Å². The number of nitrogens with zero attached hydrogens (tertiary/aromatic N) is 2. The second-order valence-corrected chi connectivity index (χ2v) is 9.10. The highest BCUT2D eigenvalue weighted by atomic mass is 35.5. The van der Waals surface area contributed by atoms with Crippen molar-refractivity contribution in [3.63, 3.8) is 0 Å². The van der Waals surface area contributed by atoms with E-state index in [0.29, 0.717) is 0 Å². The van der Waals surface area contributed by atoms with Gasteiger partial charge in [-0.2, -0.15) is 9.13 Å². The Kier molecular flexibility index (Phi) is 4.36. The molecule has 0 bridgehead atoms. The molecule has 0 radical (unpaired) electrons. The first-order valence-electron chi connectivity index (χ1n) is 10.5. The van der Waals surface area contributed by atoms with Crippen LogP contribution in [0.2, 0.25) is 10.0 Å². The van der Waals surface area contributed by atoms with Gasteiger partial charge in [-0.05, 0) is 36.4 Å². The number of para-hydroxylation sites is 2. The number of fused-ring (bicyclic) bond motifs is 4. The van der Waals surface area contributed by atoms with Crippen molar-refractivity contribution < 1.29 is 9.13 Å². The standard InChI is InChI=1S/C28H20Cl2N2/c1-31-23-9-5-3-7-19(23)27(21-15-17(29)11-13-25(21)31)28-20-8-4-6-10-24(20)32(2)26-14-12-18(30)16-22(26)28/h3-16H,1-2H3/q+2. The summed E-state index contributed by atoms with van der Waals surface area (Å²) >= 11 is 13.1. The first-order valence-corrected chi connectivity index (χ1v) is 11.3. The predicted octanol–water partition coefficient (Wildman–Crippen LogP) is 6.92. The average Bonchev–Trinajstić information content (AvgIpc) is 2.81. The fourth-order valence-electron chi connectivity index (χ4n) is 5.05. The molecule has 2 heterocycles. The van der Waals surface area contributed by atoms with Crippen molar-refractivity contribution in [2.45, 2.75) is 0 Å². The quantitative estimate of drug-likeness (QED) is 0.188. The van der Waals surface area contributed by atoms with Crippen LogP contribution in [0.25, 0.3) is 54.7 Å². The molecule has 2 aromatic heterocycles. The molecule has 0 aliphatic rings. The number of aromatic nitrogens is 2. The molecule has 0 spiro atoms. The summed E-state index contributed by atoms with van der Waals surface area (Å²) in [4.78, 5) is 0. The third kappa shape index (κ3) is 2.73. The van der Waals surface area contributed by atoms with E-state index in [1.165, 1.54) is 32.9 Å². The van der Waals surface area contributed by atoms with Crippen molar-refractivity contribution in [2.24, 2.45) is 14.1 Å². The first kappa shape index (κ1) is 19.5. The fourth-order valence-corrected chi connectivity index (χ4v) is 5.39. The predicted molar refractivity (Wildman–Crippen MR) is 134 cm³/mol. The summed E-state index contributed by atoms with van der Waals surface area (Å²) in [7, 11) is 4.22. The average molecular weight is 455 g/mol. The van der Waals surface area contributed by atoms with E-state index in [9.17, 15) is 0 Å². The van der Waals surface area contributed by atoms with Crippen molar-refractivity contribution >= 4 is 66.8 Å². The minimum absolute atomic E-state index is 0.724. The smallest absolute Gasteiger partial charge is 0.194 e. The van der Waals surface area contributed by atoms with Crippen LogP contribution < -0.4 is 9.13 Å². The highest BCUT2D eigenvalue weighted by molar-refractivity contribution is 6.33. The maximum absolute atomic E-state index is 6.53. The fraction of sp³-hybridized carbons (Fsp3) is 0.0714. The summed E-state index contributed by atoms with van der Waals surface area (Å²) in [5.74, 6) is 0. The first-order chi connectivity index (χ1) is 15.5. The van der Waals surface area contributed by atoms with Crippen molar-refractivity contribution in [1.29, 1.82) is 0 Å². The monoisotopic (exact) mass is 454 g/mol. The van der Waals surface area contributed by atoms with E-state index in [-0.39, 0.29) is 0 Å². The van der Waals surface area contributed by atoms with Crippen LogP contribution in [0.5, 0.6) is 0 Å². The zero-order chi connectivity index (χ0) is 22.0. The molecule has 0 saturated carbocycles. The molecule has 154 valence electrons. The van der Waals surface area contributed by atoms with Gasteiger partial charge in [0.25, 0.3) is 0 Å². The van der Waals surface area contributed by atoms with E-state index in [1.54, 1.807) is 0 Å². The van der Waals surface area contributed by atoms with Gasteiger partial charge in [-0.1, -0.05) is 47.5 Å². The molecule has 0 fully saturated rings. The molecule has 32 heavy (non-hydrogen) atoms. The molecule has 6 aromatic rings. The van der Waals surface area contributed by atoms with Crippen LogP contribution in [0, 0.1) is 0 Å². The summed E-state index contributed by atoms with van der Waals surface area (Å²) in [6.07, 6.45) is 0. The maximum Gasteiger partial charge on any atom is 0.213 e. The van der Waals surface area contributed by atoms with Gasteiger partial charge in [0.1, 0.15) is 14.1 Å². The Morgan fingerprint density at radius 3 is 1.28 bits per heavy atom. The molecule has 4 heteroatoms. The Balaban J connectivity index is 1.98. The summed E-state index contributed by atoms with van der Waals surface area (Å²) in [6.45, 7) is 0. The van der Waals surface area contributed by atoms with E-state index >= 15 is 0 Å². The Bertz CT molecular complexity index is 1590. The summed E-state index contributed by atoms with van der Waals surface area (Å²) < 4.78 is 4.48. The van der Waals surface area contributed by atoms with Crippen molar-refractivity contribution in [2.75, 3.05) is 0 Å². The maximum atomic E-state index is 6.53. The van der Waals surface area contributed by atoms with Gasteiger partial charge in [-0.25, -0.2) is 0 Å². The van der Waals surface area contributed by atoms with E-state index in [0.717, 1.165) is 31.9 Å². The normalized spacial score (nSPS) is 11.8. The lowest BCUT2D eigenvalue weighted by Crippen LogP contribution is -2.31. The van der Waals surface area contributed by atoms with Crippen LogP contribution >= 0.6 is 23.2 Å². The Labute approximate surface area is 195 Å². The molecular weight excluding hydrogens is 435 g/mol. The summed E-state index contributed by atoms with van der Waals surface area (Å²) in [5.41, 5.74) is 6.97. The summed E-state index contributed by atoms with van der Waals surface area (Å²) in [6, 6.07) is 29.4. The van der Waals surface area contributed by atoms with Crippen LogP contribution in [0.4, 0.5) is 0 Å². The molecule has 0 amide bonds. The molecule has 0 N–H and O–H groups in total. The third-order valence-corrected chi connectivity index (χ3v) is 6.97. The number of aryl methyl sites for hydroxylation is 2. The lowest BCUT2D eigenvalue weighted by atomic mass is 9.90. The van der Waals surface area contributed by atoms with Gasteiger partial charge in [-0.3, -0.25) is 0 Å². The lowest BCUT2D eigenvalue weighted by molar-refractivity contribution is -0.617.